The molecule has 6 nitrogen and oxygen atoms in total. The maximum Gasteiger partial charge on any atom is 0.336 e. The van der Waals surface area contributed by atoms with E-state index in [9.17, 15) is 9.59 Å². The van der Waals surface area contributed by atoms with Crippen molar-refractivity contribution in [3.05, 3.63) is 74.1 Å². The van der Waals surface area contributed by atoms with Gasteiger partial charge in [0, 0.05) is 23.1 Å². The standard InChI is InChI=1S/C22H17ClO6/c1-12-3-5-16-15(9-20(25)29-21(16)13(12)2)10-26-19(24)6-4-14-7-17(23)22-18(8-14)27-11-28-22/h3-9H,10-11H2,1-2H3/b6-4+. The van der Waals surface area contributed by atoms with E-state index in [0.29, 0.717) is 33.2 Å². The number of rotatable bonds is 4. The molecule has 0 fully saturated rings. The lowest BCUT2D eigenvalue weighted by atomic mass is 10.0. The highest BCUT2D eigenvalue weighted by atomic mass is 35.5. The van der Waals surface area contributed by atoms with Gasteiger partial charge >= 0.3 is 11.6 Å². The molecule has 1 aliphatic heterocycles. The van der Waals surface area contributed by atoms with E-state index in [2.05, 4.69) is 0 Å². The Morgan fingerprint density at radius 1 is 1.21 bits per heavy atom. The summed E-state index contributed by atoms with van der Waals surface area (Å²) in [6, 6.07) is 8.52. The van der Waals surface area contributed by atoms with Crippen LogP contribution in [0.4, 0.5) is 0 Å². The summed E-state index contributed by atoms with van der Waals surface area (Å²) >= 11 is 6.13. The maximum atomic E-state index is 12.2. The Balaban J connectivity index is 1.51. The lowest BCUT2D eigenvalue weighted by molar-refractivity contribution is -0.138. The minimum Gasteiger partial charge on any atom is -0.458 e. The van der Waals surface area contributed by atoms with Crippen molar-refractivity contribution in [2.24, 2.45) is 0 Å². The summed E-state index contributed by atoms with van der Waals surface area (Å²) in [7, 11) is 0. The fourth-order valence-corrected chi connectivity index (χ4v) is 3.36. The van der Waals surface area contributed by atoms with Crippen molar-refractivity contribution in [1.82, 2.24) is 0 Å². The molecule has 0 unspecified atom stereocenters. The SMILES string of the molecule is Cc1ccc2c(COC(=O)/C=C/c3cc(Cl)c4c(c3)OCO4)cc(=O)oc2c1C. The highest BCUT2D eigenvalue weighted by Gasteiger charge is 2.17. The number of esters is 1. The quantitative estimate of drug-likeness (QED) is 0.355. The molecule has 29 heavy (non-hydrogen) atoms. The first-order chi connectivity index (χ1) is 13.9. The normalized spacial score (nSPS) is 12.7. The first-order valence-electron chi connectivity index (χ1n) is 8.89. The summed E-state index contributed by atoms with van der Waals surface area (Å²) in [5, 5.41) is 1.15. The number of fused-ring (bicyclic) bond motifs is 2. The van der Waals surface area contributed by atoms with Gasteiger partial charge in [-0.1, -0.05) is 23.7 Å². The fraction of sp³-hybridized carbons (Fsp3) is 0.182. The zero-order chi connectivity index (χ0) is 20.5. The van der Waals surface area contributed by atoms with E-state index in [-0.39, 0.29) is 13.4 Å². The number of hydrogen-bond acceptors (Lipinski definition) is 6. The molecule has 2 heterocycles. The Hall–Kier alpha value is -3.25. The lowest BCUT2D eigenvalue weighted by Gasteiger charge is -2.09. The van der Waals surface area contributed by atoms with Crippen LogP contribution in [-0.4, -0.2) is 12.8 Å². The van der Waals surface area contributed by atoms with Crippen LogP contribution in [-0.2, 0) is 16.1 Å². The van der Waals surface area contributed by atoms with Gasteiger partial charge in [0.1, 0.15) is 12.2 Å². The largest absolute Gasteiger partial charge is 0.458 e. The van der Waals surface area contributed by atoms with Crippen LogP contribution < -0.4 is 15.1 Å². The van der Waals surface area contributed by atoms with Crippen LogP contribution in [0.25, 0.3) is 17.0 Å². The average Bonchev–Trinajstić information content (AvgIpc) is 3.17. The predicted molar refractivity (Wildman–Crippen MR) is 108 cm³/mol. The van der Waals surface area contributed by atoms with Gasteiger partial charge in [-0.25, -0.2) is 9.59 Å². The van der Waals surface area contributed by atoms with Crippen molar-refractivity contribution < 1.29 is 23.4 Å². The average molecular weight is 413 g/mol. The summed E-state index contributed by atoms with van der Waals surface area (Å²) in [4.78, 5) is 24.0. The number of carbonyl (C=O) groups excluding carboxylic acids is 1. The Morgan fingerprint density at radius 2 is 2.03 bits per heavy atom. The minimum atomic E-state index is -0.552. The maximum absolute atomic E-state index is 12.2. The van der Waals surface area contributed by atoms with Crippen molar-refractivity contribution in [2.45, 2.75) is 20.5 Å². The van der Waals surface area contributed by atoms with Gasteiger partial charge in [0.15, 0.2) is 11.5 Å². The zero-order valence-corrected chi connectivity index (χ0v) is 16.5. The fourth-order valence-electron chi connectivity index (χ4n) is 3.09. The second kappa shape index (κ2) is 7.64. The molecule has 3 aromatic rings. The molecule has 1 aliphatic rings. The number of hydrogen-bond donors (Lipinski definition) is 0. The van der Waals surface area contributed by atoms with Crippen LogP contribution in [0, 0.1) is 13.8 Å². The second-order valence-corrected chi connectivity index (χ2v) is 7.06. The summed E-state index contributed by atoms with van der Waals surface area (Å²) in [5.41, 5.74) is 3.18. The van der Waals surface area contributed by atoms with E-state index in [1.54, 1.807) is 18.2 Å². The van der Waals surface area contributed by atoms with Crippen LogP contribution in [0.3, 0.4) is 0 Å². The third kappa shape index (κ3) is 3.84. The van der Waals surface area contributed by atoms with E-state index in [1.165, 1.54) is 12.1 Å². The Bertz CT molecular complexity index is 1210. The van der Waals surface area contributed by atoms with Crippen LogP contribution in [0.5, 0.6) is 11.5 Å². The Kier molecular flexibility index (Phi) is 5.03. The summed E-state index contributed by atoms with van der Waals surface area (Å²) in [5.74, 6) is 0.467. The van der Waals surface area contributed by atoms with Gasteiger partial charge in [0.25, 0.3) is 0 Å². The topological polar surface area (TPSA) is 75.0 Å². The van der Waals surface area contributed by atoms with Gasteiger partial charge in [0.05, 0.1) is 5.02 Å². The molecule has 0 aliphatic carbocycles. The molecule has 0 N–H and O–H groups in total. The third-order valence-corrected chi connectivity index (χ3v) is 5.03. The van der Waals surface area contributed by atoms with Gasteiger partial charge in [-0.3, -0.25) is 0 Å². The molecule has 1 aromatic heterocycles. The van der Waals surface area contributed by atoms with Gasteiger partial charge in [-0.15, -0.1) is 0 Å². The Labute approximate surface area is 171 Å². The van der Waals surface area contributed by atoms with Gasteiger partial charge in [-0.2, -0.15) is 0 Å². The van der Waals surface area contributed by atoms with Crippen LogP contribution >= 0.6 is 11.6 Å². The highest BCUT2D eigenvalue weighted by molar-refractivity contribution is 6.32. The number of halogens is 1. The molecule has 0 saturated heterocycles. The van der Waals surface area contributed by atoms with Crippen molar-refractivity contribution in [1.29, 1.82) is 0 Å². The molecule has 2 aromatic carbocycles. The smallest absolute Gasteiger partial charge is 0.336 e. The van der Waals surface area contributed by atoms with Crippen LogP contribution in [0.2, 0.25) is 5.02 Å². The molecule has 0 amide bonds. The first kappa shape index (κ1) is 19.1. The van der Waals surface area contributed by atoms with Crippen molar-refractivity contribution in [2.75, 3.05) is 6.79 Å². The minimum absolute atomic E-state index is 0.0460. The van der Waals surface area contributed by atoms with Crippen molar-refractivity contribution in [3.8, 4) is 11.5 Å². The van der Waals surface area contributed by atoms with Crippen molar-refractivity contribution >= 4 is 34.6 Å². The summed E-state index contributed by atoms with van der Waals surface area (Å²) in [6.07, 6.45) is 2.86. The van der Waals surface area contributed by atoms with Crippen LogP contribution in [0.1, 0.15) is 22.3 Å². The molecule has 0 saturated carbocycles. The first-order valence-corrected chi connectivity index (χ1v) is 9.27. The molecule has 148 valence electrons. The molecule has 0 radical (unpaired) electrons. The lowest BCUT2D eigenvalue weighted by Crippen LogP contribution is -2.06. The van der Waals surface area contributed by atoms with E-state index in [4.69, 9.17) is 30.2 Å². The van der Waals surface area contributed by atoms with E-state index in [1.807, 2.05) is 26.0 Å². The van der Waals surface area contributed by atoms with Gasteiger partial charge < -0.3 is 18.6 Å². The van der Waals surface area contributed by atoms with E-state index in [0.717, 1.165) is 16.5 Å². The summed E-state index contributed by atoms with van der Waals surface area (Å²) < 4.78 is 21.2. The number of carbonyl (C=O) groups is 1. The predicted octanol–water partition coefficient (Wildman–Crippen LogP) is 4.55. The molecule has 0 bridgehead atoms. The number of ether oxygens (including phenoxy) is 3. The zero-order valence-electron chi connectivity index (χ0n) is 15.8. The van der Waals surface area contributed by atoms with Crippen molar-refractivity contribution in [3.63, 3.8) is 0 Å². The molecule has 0 spiro atoms. The van der Waals surface area contributed by atoms with E-state index >= 15 is 0 Å². The second-order valence-electron chi connectivity index (χ2n) is 6.65. The van der Waals surface area contributed by atoms with E-state index < -0.39 is 11.6 Å². The third-order valence-electron chi connectivity index (χ3n) is 4.75. The monoisotopic (exact) mass is 412 g/mol. The van der Waals surface area contributed by atoms with Gasteiger partial charge in [0.2, 0.25) is 6.79 Å². The van der Waals surface area contributed by atoms with Crippen LogP contribution in [0.15, 0.2) is 45.6 Å². The number of aryl methyl sites for hydroxylation is 2. The molecule has 0 atom stereocenters. The molecule has 7 heteroatoms. The van der Waals surface area contributed by atoms with Gasteiger partial charge in [-0.05, 0) is 48.7 Å². The molecular formula is C22H17ClO6. The molecular weight excluding hydrogens is 396 g/mol. The number of benzene rings is 2. The highest BCUT2D eigenvalue weighted by Crippen LogP contribution is 2.40. The molecule has 4 rings (SSSR count). The Morgan fingerprint density at radius 3 is 2.86 bits per heavy atom. The summed E-state index contributed by atoms with van der Waals surface area (Å²) in [6.45, 7) is 3.89.